The van der Waals surface area contributed by atoms with Gasteiger partial charge in [0, 0.05) is 44.9 Å². The maximum absolute atomic E-state index is 6.73. The van der Waals surface area contributed by atoms with Crippen LogP contribution in [-0.2, 0) is 18.3 Å². The maximum atomic E-state index is 6.73. The minimum absolute atomic E-state index is 0.199. The second kappa shape index (κ2) is 15.5. The summed E-state index contributed by atoms with van der Waals surface area (Å²) in [4.78, 5) is 5.14. The summed E-state index contributed by atoms with van der Waals surface area (Å²) >= 11 is 0. The van der Waals surface area contributed by atoms with Crippen LogP contribution in [0.4, 0.5) is 34.1 Å². The van der Waals surface area contributed by atoms with Gasteiger partial charge in [-0.25, -0.2) is 0 Å². The Morgan fingerprint density at radius 3 is 1.59 bits per heavy atom. The van der Waals surface area contributed by atoms with Gasteiger partial charge in [0.1, 0.15) is 11.2 Å². The first kappa shape index (κ1) is 39.1. The molecule has 3 heteroatoms. The van der Waals surface area contributed by atoms with E-state index in [2.05, 4.69) is 240 Å². The van der Waals surface area contributed by atoms with Crippen LogP contribution in [0.15, 0.2) is 235 Å². The molecule has 1 saturated carbocycles. The van der Waals surface area contributed by atoms with Crippen LogP contribution in [0.5, 0.6) is 0 Å². The van der Waals surface area contributed by atoms with Crippen molar-refractivity contribution in [1.82, 2.24) is 0 Å². The number of rotatable bonds is 8. The molecule has 1 fully saturated rings. The molecule has 3 nitrogen and oxygen atoms in total. The number of para-hydroxylation sites is 3. The van der Waals surface area contributed by atoms with Crippen molar-refractivity contribution >= 4 is 66.8 Å². The standard InChI is InChI=1S/C65H48N2O/c1-4-16-43(17-5-1)44-30-32-46(33-31-44)62-54-25-11-10-18-45(54)34-39-57(62)67(53-37-38-56-55-26-12-13-29-60(55)68-61(56)42-53)59-28-15-20-48-41-50-36-35-49-40-47-19-14-27-58(63(47)65(49,50)64(48)59)66(51-21-6-2-7-22-51)52-23-8-3-9-24-52/h1-34,37-39,42,49-50H,35-36,40-41H2. The average molecular weight is 873 g/mol. The number of nitrogens with zero attached hydrogens (tertiary/aromatic N) is 2. The fourth-order valence-electron chi connectivity index (χ4n) is 13.1. The lowest BCUT2D eigenvalue weighted by Crippen LogP contribution is -2.34. The summed E-state index contributed by atoms with van der Waals surface area (Å²) in [6.07, 6.45) is 4.56. The quantitative estimate of drug-likeness (QED) is 0.152. The molecule has 0 bridgehead atoms. The van der Waals surface area contributed by atoms with Gasteiger partial charge in [0.15, 0.2) is 0 Å². The van der Waals surface area contributed by atoms with E-state index in [1.54, 1.807) is 0 Å². The lowest BCUT2D eigenvalue weighted by Gasteiger charge is -2.40. The lowest BCUT2D eigenvalue weighted by atomic mass is 9.68. The fourth-order valence-corrected chi connectivity index (χ4v) is 13.1. The van der Waals surface area contributed by atoms with E-state index >= 15 is 0 Å². The number of hydrogen-bond acceptors (Lipinski definition) is 3. The highest BCUT2D eigenvalue weighted by Gasteiger charge is 2.62. The van der Waals surface area contributed by atoms with Gasteiger partial charge in [0.2, 0.25) is 0 Å². The van der Waals surface area contributed by atoms with Crippen molar-refractivity contribution in [3.63, 3.8) is 0 Å². The van der Waals surface area contributed by atoms with Crippen molar-refractivity contribution < 1.29 is 4.42 Å². The van der Waals surface area contributed by atoms with Crippen LogP contribution in [0.25, 0.3) is 55.0 Å². The van der Waals surface area contributed by atoms with E-state index in [1.807, 2.05) is 0 Å². The van der Waals surface area contributed by atoms with Crippen LogP contribution in [0.3, 0.4) is 0 Å². The molecule has 3 aliphatic rings. The molecule has 0 amide bonds. The van der Waals surface area contributed by atoms with E-state index in [-0.39, 0.29) is 5.41 Å². The Hall–Kier alpha value is -8.14. The Kier molecular flexibility index (Phi) is 8.89. The Labute approximate surface area is 397 Å². The smallest absolute Gasteiger partial charge is 0.137 e. The van der Waals surface area contributed by atoms with Crippen molar-refractivity contribution in [2.45, 2.75) is 31.1 Å². The molecule has 11 aromatic rings. The van der Waals surface area contributed by atoms with E-state index in [0.29, 0.717) is 11.8 Å². The lowest BCUT2D eigenvalue weighted by molar-refractivity contribution is 0.350. The van der Waals surface area contributed by atoms with Crippen molar-refractivity contribution in [3.8, 4) is 22.3 Å². The molecule has 1 spiro atoms. The molecule has 0 N–H and O–H groups in total. The zero-order chi connectivity index (χ0) is 44.8. The highest BCUT2D eigenvalue weighted by Crippen LogP contribution is 2.69. The van der Waals surface area contributed by atoms with E-state index in [0.717, 1.165) is 46.2 Å². The molecule has 324 valence electrons. The first-order valence-electron chi connectivity index (χ1n) is 24.3. The summed E-state index contributed by atoms with van der Waals surface area (Å²) in [6, 6.07) is 85.2. The zero-order valence-corrected chi connectivity index (χ0v) is 37.7. The van der Waals surface area contributed by atoms with E-state index < -0.39 is 0 Å². The molecule has 0 radical (unpaired) electrons. The van der Waals surface area contributed by atoms with Crippen molar-refractivity contribution in [1.29, 1.82) is 0 Å². The van der Waals surface area contributed by atoms with Crippen LogP contribution in [0.2, 0.25) is 0 Å². The molecule has 10 aromatic carbocycles. The Morgan fingerprint density at radius 1 is 0.368 bits per heavy atom. The van der Waals surface area contributed by atoms with Gasteiger partial charge in [-0.1, -0.05) is 164 Å². The summed E-state index contributed by atoms with van der Waals surface area (Å²) in [5.41, 5.74) is 19.5. The van der Waals surface area contributed by atoms with Crippen molar-refractivity contribution in [3.05, 3.63) is 253 Å². The minimum Gasteiger partial charge on any atom is -0.456 e. The van der Waals surface area contributed by atoms with Crippen molar-refractivity contribution in [2.24, 2.45) is 11.8 Å². The molecule has 1 heterocycles. The number of furan rings is 1. The van der Waals surface area contributed by atoms with Gasteiger partial charge in [0.25, 0.3) is 0 Å². The Balaban J connectivity index is 1.05. The van der Waals surface area contributed by atoms with Gasteiger partial charge in [0.05, 0.1) is 17.1 Å². The second-order valence-corrected chi connectivity index (χ2v) is 19.1. The van der Waals surface area contributed by atoms with Crippen LogP contribution in [-0.4, -0.2) is 0 Å². The molecule has 3 aliphatic carbocycles. The highest BCUT2D eigenvalue weighted by molar-refractivity contribution is 6.09. The maximum Gasteiger partial charge on any atom is 0.137 e. The summed E-state index contributed by atoms with van der Waals surface area (Å²) in [5, 5.41) is 4.71. The number of fused-ring (bicyclic) bond motifs is 6. The molecule has 1 aromatic heterocycles. The van der Waals surface area contributed by atoms with Gasteiger partial charge in [-0.3, -0.25) is 0 Å². The highest BCUT2D eigenvalue weighted by atomic mass is 16.3. The first-order valence-corrected chi connectivity index (χ1v) is 24.3. The molecular formula is C65H48N2O. The third-order valence-corrected chi connectivity index (χ3v) is 15.7. The van der Waals surface area contributed by atoms with Crippen LogP contribution in [0.1, 0.15) is 35.1 Å². The SMILES string of the molecule is c1ccc(-c2ccc(-c3c(N(c4ccc5c(c4)oc4ccccc45)c4cccc5c4C46c7c(cccc7N(c7ccccc7)c7ccccc7)CC4CCC6C5)ccc4ccccc34)cc2)cc1. The zero-order valence-electron chi connectivity index (χ0n) is 37.7. The average Bonchev–Trinajstić information content (AvgIpc) is 4.14. The largest absolute Gasteiger partial charge is 0.456 e. The summed E-state index contributed by atoms with van der Waals surface area (Å²) in [5.74, 6) is 0.946. The third kappa shape index (κ3) is 5.85. The molecular weight excluding hydrogens is 825 g/mol. The molecule has 3 unspecified atom stereocenters. The Bertz CT molecular complexity index is 3660. The van der Waals surface area contributed by atoms with E-state index in [1.165, 1.54) is 90.9 Å². The minimum atomic E-state index is -0.199. The molecule has 0 aliphatic heterocycles. The van der Waals surface area contributed by atoms with Gasteiger partial charge in [-0.05, 0) is 148 Å². The van der Waals surface area contributed by atoms with Crippen LogP contribution >= 0.6 is 0 Å². The first-order chi connectivity index (χ1) is 33.7. The van der Waals surface area contributed by atoms with Gasteiger partial charge < -0.3 is 14.2 Å². The predicted octanol–water partition coefficient (Wildman–Crippen LogP) is 17.4. The third-order valence-electron chi connectivity index (χ3n) is 15.7. The van der Waals surface area contributed by atoms with E-state index in [4.69, 9.17) is 4.42 Å². The topological polar surface area (TPSA) is 19.6 Å². The second-order valence-electron chi connectivity index (χ2n) is 19.1. The molecule has 14 rings (SSSR count). The summed E-state index contributed by atoms with van der Waals surface area (Å²) in [7, 11) is 0. The van der Waals surface area contributed by atoms with Crippen molar-refractivity contribution in [2.75, 3.05) is 9.80 Å². The molecule has 0 saturated heterocycles. The van der Waals surface area contributed by atoms with Crippen LogP contribution in [0, 0.1) is 11.8 Å². The Morgan fingerprint density at radius 2 is 0.912 bits per heavy atom. The molecule has 68 heavy (non-hydrogen) atoms. The number of hydrogen-bond donors (Lipinski definition) is 0. The molecule has 3 atom stereocenters. The fraction of sp³-hybridized carbons (Fsp3) is 0.108. The number of benzene rings is 10. The van der Waals surface area contributed by atoms with Gasteiger partial charge in [-0.2, -0.15) is 0 Å². The number of anilines is 6. The van der Waals surface area contributed by atoms with Gasteiger partial charge in [-0.15, -0.1) is 0 Å². The van der Waals surface area contributed by atoms with Crippen LogP contribution < -0.4 is 9.80 Å². The normalized spacial score (nSPS) is 17.8. The summed E-state index contributed by atoms with van der Waals surface area (Å²) < 4.78 is 6.73. The van der Waals surface area contributed by atoms with Gasteiger partial charge >= 0.3 is 0 Å². The monoisotopic (exact) mass is 872 g/mol. The predicted molar refractivity (Wildman–Crippen MR) is 282 cm³/mol. The summed E-state index contributed by atoms with van der Waals surface area (Å²) in [6.45, 7) is 0. The van der Waals surface area contributed by atoms with E-state index in [9.17, 15) is 0 Å².